The lowest BCUT2D eigenvalue weighted by Gasteiger charge is -2.72. The zero-order chi connectivity index (χ0) is 31.3. The van der Waals surface area contributed by atoms with Crippen molar-refractivity contribution < 1.29 is 34.8 Å². The predicted octanol–water partition coefficient (Wildman–Crippen LogP) is 4.75. The summed E-state index contributed by atoms with van der Waals surface area (Å²) >= 11 is 0. The summed E-state index contributed by atoms with van der Waals surface area (Å²) in [6, 6.07) is 0. The normalized spacial score (nSPS) is 51.7. The number of fused-ring (bicyclic) bond motifs is 7. The molecule has 4 fully saturated rings. The third-order valence-electron chi connectivity index (χ3n) is 14.3. The lowest BCUT2D eigenvalue weighted by atomic mass is 9.33. The Labute approximate surface area is 251 Å². The first-order valence-electron chi connectivity index (χ1n) is 16.1. The maximum Gasteiger partial charge on any atom is 0.333 e. The molecule has 0 spiro atoms. The van der Waals surface area contributed by atoms with Crippen LogP contribution < -0.4 is 0 Å². The van der Waals surface area contributed by atoms with Crippen molar-refractivity contribution in [3.8, 4) is 0 Å². The zero-order valence-electron chi connectivity index (χ0n) is 26.9. The number of hydrogen-bond donors (Lipinski definition) is 4. The molecule has 4 N–H and O–H groups in total. The van der Waals surface area contributed by atoms with E-state index in [1.54, 1.807) is 19.9 Å². The van der Waals surface area contributed by atoms with Crippen molar-refractivity contribution in [2.24, 2.45) is 50.2 Å². The van der Waals surface area contributed by atoms with Crippen LogP contribution in [0.2, 0.25) is 0 Å². The van der Waals surface area contributed by atoms with Crippen LogP contribution >= 0.6 is 0 Å². The Morgan fingerprint density at radius 2 is 1.67 bits per heavy atom. The van der Waals surface area contributed by atoms with Crippen molar-refractivity contribution >= 4 is 12.3 Å². The van der Waals surface area contributed by atoms with Gasteiger partial charge >= 0.3 is 5.97 Å². The van der Waals surface area contributed by atoms with E-state index >= 15 is 0 Å². The minimum atomic E-state index is -1.22. The summed E-state index contributed by atoms with van der Waals surface area (Å²) in [6.45, 7) is 15.9. The molecule has 0 bridgehead atoms. The molecular formula is C35H54O7. The molecule has 0 aliphatic heterocycles. The number of ether oxygens (including phenoxy) is 1. The molecule has 5 aliphatic rings. The molecular weight excluding hydrogens is 532 g/mol. The molecule has 4 saturated carbocycles. The summed E-state index contributed by atoms with van der Waals surface area (Å²) in [5.41, 5.74) is -1.72. The summed E-state index contributed by atoms with van der Waals surface area (Å²) in [5.74, 6) is -0.489. The summed E-state index contributed by atoms with van der Waals surface area (Å²) in [6.07, 6.45) is 6.19. The fourth-order valence-electron chi connectivity index (χ4n) is 11.3. The van der Waals surface area contributed by atoms with Gasteiger partial charge in [0.15, 0.2) is 0 Å². The van der Waals surface area contributed by atoms with Crippen molar-refractivity contribution in [2.75, 3.05) is 6.61 Å². The lowest BCUT2D eigenvalue weighted by molar-refractivity contribution is -0.261. The van der Waals surface area contributed by atoms with Gasteiger partial charge < -0.3 is 30.0 Å². The van der Waals surface area contributed by atoms with Crippen LogP contribution in [0.3, 0.4) is 0 Å². The average molecular weight is 587 g/mol. The van der Waals surface area contributed by atoms with E-state index < -0.39 is 58.7 Å². The second kappa shape index (κ2) is 9.98. The molecule has 0 saturated heterocycles. The number of aldehydes is 1. The third kappa shape index (κ3) is 3.85. The lowest BCUT2D eigenvalue weighted by Crippen LogP contribution is -2.72. The van der Waals surface area contributed by atoms with Crippen molar-refractivity contribution in [1.82, 2.24) is 0 Å². The van der Waals surface area contributed by atoms with Crippen LogP contribution in [0.25, 0.3) is 0 Å². The van der Waals surface area contributed by atoms with E-state index in [2.05, 4.69) is 26.8 Å². The Morgan fingerprint density at radius 1 is 1.00 bits per heavy atom. The van der Waals surface area contributed by atoms with Crippen molar-refractivity contribution in [3.63, 3.8) is 0 Å². The molecule has 0 amide bonds. The zero-order valence-corrected chi connectivity index (χ0v) is 26.9. The summed E-state index contributed by atoms with van der Waals surface area (Å²) < 4.78 is 6.04. The molecule has 0 aromatic carbocycles. The molecule has 7 nitrogen and oxygen atoms in total. The van der Waals surface area contributed by atoms with E-state index in [0.717, 1.165) is 32.0 Å². The van der Waals surface area contributed by atoms with Crippen LogP contribution in [0.5, 0.6) is 0 Å². The van der Waals surface area contributed by atoms with Crippen LogP contribution in [0.4, 0.5) is 0 Å². The highest BCUT2D eigenvalue weighted by molar-refractivity contribution is 5.87. The maximum atomic E-state index is 13.1. The van der Waals surface area contributed by atoms with Gasteiger partial charge in [-0.15, -0.1) is 0 Å². The summed E-state index contributed by atoms with van der Waals surface area (Å²) in [5, 5.41) is 45.9. The fraction of sp³-hybridized carbons (Fsp3) is 0.829. The van der Waals surface area contributed by atoms with Crippen LogP contribution in [0.15, 0.2) is 23.3 Å². The molecule has 7 heteroatoms. The molecule has 0 heterocycles. The first-order chi connectivity index (χ1) is 19.4. The monoisotopic (exact) mass is 586 g/mol. The SMILES string of the molecule is C/C=C(\C)C(=O)O[C@H]1C(O)C(C)(C)CC2C3=CCC4C5(C)CCC(O)[C@@](C)(C=O)[C@@H]5CCC4(C)[C@]3(C)C[C@@H](O)C21CO. The van der Waals surface area contributed by atoms with E-state index in [4.69, 9.17) is 4.74 Å². The van der Waals surface area contributed by atoms with E-state index in [0.29, 0.717) is 24.8 Å². The Kier molecular flexibility index (Phi) is 7.58. The summed E-state index contributed by atoms with van der Waals surface area (Å²) in [4.78, 5) is 25.5. The number of rotatable bonds is 4. The van der Waals surface area contributed by atoms with Crippen LogP contribution in [-0.4, -0.2) is 63.7 Å². The minimum absolute atomic E-state index is 0.0790. The molecule has 7 unspecified atom stereocenters. The average Bonchev–Trinajstić information content (AvgIpc) is 2.93. The molecule has 0 radical (unpaired) electrons. The number of hydrogen-bond acceptors (Lipinski definition) is 7. The van der Waals surface area contributed by atoms with Gasteiger partial charge in [-0.1, -0.05) is 59.3 Å². The fourth-order valence-corrected chi connectivity index (χ4v) is 11.3. The number of aliphatic hydroxyl groups is 4. The maximum absolute atomic E-state index is 13.1. The van der Waals surface area contributed by atoms with Gasteiger partial charge in [-0.3, -0.25) is 0 Å². The molecule has 0 aromatic heterocycles. The van der Waals surface area contributed by atoms with Gasteiger partial charge in [0, 0.05) is 5.57 Å². The minimum Gasteiger partial charge on any atom is -0.455 e. The Balaban J connectivity index is 1.63. The summed E-state index contributed by atoms with van der Waals surface area (Å²) in [7, 11) is 0. The smallest absolute Gasteiger partial charge is 0.333 e. The Bertz CT molecular complexity index is 1190. The standard InChI is InChI=1S/C35H54O7/c1-9-20(2)29(41)42-28-27(40)30(3,4)16-22-21-10-11-24-31(5)14-13-25(38)32(6,18-36)23(31)12-15-33(24,7)34(21,8)17-26(39)35(22,28)19-37/h9-10,18,22-28,37-40H,11-17,19H2,1-8H3/b20-9+/t22?,23-,24?,25?,26-,27?,28+,31?,32+,33?,34-,35?/m1/s1. The van der Waals surface area contributed by atoms with Crippen LogP contribution in [-0.2, 0) is 14.3 Å². The van der Waals surface area contributed by atoms with E-state index in [9.17, 15) is 30.0 Å². The number of esters is 1. The quantitative estimate of drug-likeness (QED) is 0.162. The molecule has 5 aliphatic carbocycles. The largest absolute Gasteiger partial charge is 0.455 e. The van der Waals surface area contributed by atoms with Gasteiger partial charge in [-0.25, -0.2) is 4.79 Å². The van der Waals surface area contributed by atoms with Gasteiger partial charge in [0.1, 0.15) is 12.4 Å². The number of carbonyl (C=O) groups is 2. The van der Waals surface area contributed by atoms with Gasteiger partial charge in [-0.2, -0.15) is 0 Å². The van der Waals surface area contributed by atoms with Crippen LogP contribution in [0, 0.1) is 50.2 Å². The highest BCUT2D eigenvalue weighted by Crippen LogP contribution is 2.75. The number of carbonyl (C=O) groups excluding carboxylic acids is 2. The van der Waals surface area contributed by atoms with Crippen LogP contribution in [0.1, 0.15) is 100 Å². The van der Waals surface area contributed by atoms with Gasteiger partial charge in [0.2, 0.25) is 0 Å². The number of aliphatic hydroxyl groups excluding tert-OH is 4. The predicted molar refractivity (Wildman–Crippen MR) is 160 cm³/mol. The second-order valence-corrected chi connectivity index (χ2v) is 16.3. The molecule has 236 valence electrons. The highest BCUT2D eigenvalue weighted by Gasteiger charge is 2.73. The van der Waals surface area contributed by atoms with Crippen molar-refractivity contribution in [2.45, 2.75) is 125 Å². The second-order valence-electron chi connectivity index (χ2n) is 16.3. The number of allylic oxidation sites excluding steroid dienone is 3. The molecule has 0 aromatic rings. The highest BCUT2D eigenvalue weighted by atomic mass is 16.6. The van der Waals surface area contributed by atoms with E-state index in [1.165, 1.54) is 5.57 Å². The molecule has 42 heavy (non-hydrogen) atoms. The first kappa shape index (κ1) is 31.9. The van der Waals surface area contributed by atoms with E-state index in [1.807, 2.05) is 20.8 Å². The topological polar surface area (TPSA) is 124 Å². The van der Waals surface area contributed by atoms with E-state index in [-0.39, 0.29) is 28.6 Å². The molecule has 12 atom stereocenters. The third-order valence-corrected chi connectivity index (χ3v) is 14.3. The van der Waals surface area contributed by atoms with Gasteiger partial charge in [-0.05, 0) is 98.2 Å². The Morgan fingerprint density at radius 3 is 2.26 bits per heavy atom. The van der Waals surface area contributed by atoms with Gasteiger partial charge in [0.05, 0.1) is 35.7 Å². The molecule has 5 rings (SSSR count). The van der Waals surface area contributed by atoms with Crippen molar-refractivity contribution in [3.05, 3.63) is 23.3 Å². The first-order valence-corrected chi connectivity index (χ1v) is 16.1. The van der Waals surface area contributed by atoms with Gasteiger partial charge in [0.25, 0.3) is 0 Å². The van der Waals surface area contributed by atoms with Crippen molar-refractivity contribution in [1.29, 1.82) is 0 Å². The Hall–Kier alpha value is -1.54.